The molecule has 1 amide bonds. The molecule has 10 rings (SSSR count). The van der Waals surface area contributed by atoms with Crippen molar-refractivity contribution >= 4 is 33.1 Å². The number of anilines is 1. The second-order valence-electron chi connectivity index (χ2n) is 13.4. The van der Waals surface area contributed by atoms with Crippen LogP contribution >= 0.6 is 11.3 Å². The van der Waals surface area contributed by atoms with E-state index in [1.165, 1.54) is 0 Å². The fourth-order valence-electron chi connectivity index (χ4n) is 8.23. The molecule has 42 heavy (non-hydrogen) atoms. The van der Waals surface area contributed by atoms with Gasteiger partial charge in [0.1, 0.15) is 5.67 Å². The third-order valence-corrected chi connectivity index (χ3v) is 11.6. The molecular weight excluding hydrogens is 561 g/mol. The molecule has 6 aliphatic rings. The van der Waals surface area contributed by atoms with Crippen LogP contribution < -0.4 is 4.90 Å². The van der Waals surface area contributed by atoms with Crippen LogP contribution in [0.1, 0.15) is 80.9 Å². The highest BCUT2D eigenvalue weighted by Gasteiger charge is 2.73. The van der Waals surface area contributed by atoms with Crippen LogP contribution in [0.25, 0.3) is 21.3 Å². The van der Waals surface area contributed by atoms with Gasteiger partial charge in [-0.05, 0) is 106 Å². The number of benzene rings is 2. The molecule has 2 aromatic heterocycles. The van der Waals surface area contributed by atoms with Crippen LogP contribution in [0.5, 0.6) is 0 Å². The summed E-state index contributed by atoms with van der Waals surface area (Å²) in [7, 11) is 0. The Bertz CT molecular complexity index is 1690. The SMILES string of the molecule is Cc1nc2ccc(-c3cccc(N(CC45CCC(c6nc(C(F)F)no6)(CC4)CC5)C(=O)C45CC(F)(C4)C5)c3)cc2s1. The first-order valence-corrected chi connectivity index (χ1v) is 15.5. The standard InChI is InChI=1S/C32H31F3N4O2S/c1-19-36-23-6-5-21(14-24(23)42-19)20-3-2-4-22(13-20)39(28(40)31-15-32(35,16-31)17-31)18-29-7-10-30(11-8-29,12-9-29)27-37-26(25(33)34)38-41-27/h2-6,13-14,25H,7-12,15-18H2,1H3. The van der Waals surface area contributed by atoms with E-state index < -0.39 is 23.3 Å². The van der Waals surface area contributed by atoms with Gasteiger partial charge in [0.15, 0.2) is 0 Å². The Morgan fingerprint density at radius 2 is 1.71 bits per heavy atom. The first-order valence-electron chi connectivity index (χ1n) is 14.7. The lowest BCUT2D eigenvalue weighted by Gasteiger charge is -2.65. The number of fused-ring (bicyclic) bond motifs is 4. The highest BCUT2D eigenvalue weighted by atomic mass is 32.1. The Morgan fingerprint density at radius 1 is 1.00 bits per heavy atom. The van der Waals surface area contributed by atoms with Crippen LogP contribution in [-0.2, 0) is 10.2 Å². The van der Waals surface area contributed by atoms with Crippen molar-refractivity contribution in [2.24, 2.45) is 10.8 Å². The Hall–Kier alpha value is -3.27. The normalized spacial score (nSPS) is 31.3. The number of thiazole rings is 1. The van der Waals surface area contributed by atoms with Crippen molar-refractivity contribution in [3.05, 3.63) is 59.2 Å². The van der Waals surface area contributed by atoms with Crippen LogP contribution in [0.2, 0.25) is 0 Å². The molecule has 0 N–H and O–H groups in total. The summed E-state index contributed by atoms with van der Waals surface area (Å²) < 4.78 is 47.3. The maximum Gasteiger partial charge on any atom is 0.300 e. The molecule has 0 saturated heterocycles. The average Bonchev–Trinajstić information content (AvgIpc) is 3.61. The number of aryl methyl sites for hydroxylation is 1. The number of halogens is 3. The van der Waals surface area contributed by atoms with E-state index >= 15 is 0 Å². The van der Waals surface area contributed by atoms with Gasteiger partial charge < -0.3 is 9.42 Å². The van der Waals surface area contributed by atoms with Crippen LogP contribution in [0.3, 0.4) is 0 Å². The number of nitrogens with zero attached hydrogens (tertiary/aromatic N) is 4. The Morgan fingerprint density at radius 3 is 2.38 bits per heavy atom. The largest absolute Gasteiger partial charge is 0.339 e. The average molecular weight is 593 g/mol. The fourth-order valence-corrected chi connectivity index (χ4v) is 9.09. The molecule has 6 fully saturated rings. The van der Waals surface area contributed by atoms with E-state index in [-0.39, 0.29) is 16.7 Å². The number of amides is 1. The maximum atomic E-state index is 14.6. The van der Waals surface area contributed by atoms with Gasteiger partial charge in [0, 0.05) is 17.6 Å². The lowest BCUT2D eigenvalue weighted by atomic mass is 9.41. The second-order valence-corrected chi connectivity index (χ2v) is 14.6. The minimum atomic E-state index is -2.76. The highest BCUT2D eigenvalue weighted by molar-refractivity contribution is 7.18. The van der Waals surface area contributed by atoms with Crippen LogP contribution in [0.4, 0.5) is 18.9 Å². The molecule has 0 aliphatic heterocycles. The predicted octanol–water partition coefficient (Wildman–Crippen LogP) is 8.11. The summed E-state index contributed by atoms with van der Waals surface area (Å²) in [6, 6.07) is 14.4. The molecule has 0 radical (unpaired) electrons. The van der Waals surface area contributed by atoms with Crippen molar-refractivity contribution in [2.75, 3.05) is 11.4 Å². The number of carbonyl (C=O) groups is 1. The molecule has 2 aromatic carbocycles. The van der Waals surface area contributed by atoms with Gasteiger partial charge in [0.2, 0.25) is 17.6 Å². The highest BCUT2D eigenvalue weighted by Crippen LogP contribution is 2.70. The summed E-state index contributed by atoms with van der Waals surface area (Å²) in [5, 5.41) is 4.53. The van der Waals surface area contributed by atoms with E-state index in [1.54, 1.807) is 11.3 Å². The number of carbonyl (C=O) groups excluding carboxylic acids is 1. The third kappa shape index (κ3) is 3.97. The van der Waals surface area contributed by atoms with Crippen LogP contribution in [-0.4, -0.2) is 33.2 Å². The molecule has 0 spiro atoms. The van der Waals surface area contributed by atoms with Gasteiger partial charge >= 0.3 is 6.43 Å². The van der Waals surface area contributed by atoms with E-state index in [4.69, 9.17) is 4.52 Å². The van der Waals surface area contributed by atoms with Crippen LogP contribution in [0, 0.1) is 17.8 Å². The Labute approximate surface area is 245 Å². The van der Waals surface area contributed by atoms with Crippen molar-refractivity contribution in [3.8, 4) is 11.1 Å². The van der Waals surface area contributed by atoms with Crippen LogP contribution in [0.15, 0.2) is 47.0 Å². The van der Waals surface area contributed by atoms with E-state index in [2.05, 4.69) is 39.4 Å². The molecule has 2 heterocycles. The van der Waals surface area contributed by atoms with Gasteiger partial charge in [-0.1, -0.05) is 23.4 Å². The molecule has 6 saturated carbocycles. The van der Waals surface area contributed by atoms with Gasteiger partial charge in [-0.2, -0.15) is 4.98 Å². The molecule has 4 aromatic rings. The van der Waals surface area contributed by atoms with Crippen molar-refractivity contribution in [2.45, 2.75) is 82.2 Å². The van der Waals surface area contributed by atoms with Crippen molar-refractivity contribution in [3.63, 3.8) is 0 Å². The van der Waals surface area contributed by atoms with E-state index in [1.807, 2.05) is 30.0 Å². The van der Waals surface area contributed by atoms with Gasteiger partial charge in [0.25, 0.3) is 0 Å². The molecule has 0 unspecified atom stereocenters. The number of rotatable bonds is 7. The van der Waals surface area contributed by atoms with E-state index in [0.29, 0.717) is 31.7 Å². The number of hydrogen-bond donors (Lipinski definition) is 0. The van der Waals surface area contributed by atoms with Crippen molar-refractivity contribution in [1.82, 2.24) is 15.1 Å². The lowest BCUT2D eigenvalue weighted by Crippen LogP contribution is -2.71. The predicted molar refractivity (Wildman–Crippen MR) is 153 cm³/mol. The summed E-state index contributed by atoms with van der Waals surface area (Å²) in [5.41, 5.74) is 1.67. The number of hydrogen-bond acceptors (Lipinski definition) is 6. The third-order valence-electron chi connectivity index (χ3n) is 10.6. The monoisotopic (exact) mass is 592 g/mol. The summed E-state index contributed by atoms with van der Waals surface area (Å²) in [5.74, 6) is -0.197. The number of alkyl halides is 3. The number of aromatic nitrogens is 3. The Balaban J connectivity index is 1.09. The Kier molecular flexibility index (Phi) is 5.57. The van der Waals surface area contributed by atoms with Crippen molar-refractivity contribution in [1.29, 1.82) is 0 Å². The molecule has 218 valence electrons. The minimum absolute atomic E-state index is 0.0305. The zero-order chi connectivity index (χ0) is 28.9. The zero-order valence-corrected chi connectivity index (χ0v) is 24.2. The summed E-state index contributed by atoms with van der Waals surface area (Å²) in [6.45, 7) is 2.56. The summed E-state index contributed by atoms with van der Waals surface area (Å²) in [6.07, 6.45) is 2.97. The van der Waals surface area contributed by atoms with Gasteiger partial charge in [0.05, 0.1) is 20.6 Å². The minimum Gasteiger partial charge on any atom is -0.339 e. The summed E-state index contributed by atoms with van der Waals surface area (Å²) in [4.78, 5) is 24.8. The molecule has 4 bridgehead atoms. The molecule has 10 heteroatoms. The quantitative estimate of drug-likeness (QED) is 0.217. The second kappa shape index (κ2) is 8.88. The topological polar surface area (TPSA) is 72.1 Å². The van der Waals surface area contributed by atoms with Gasteiger partial charge in [-0.3, -0.25) is 4.79 Å². The van der Waals surface area contributed by atoms with Gasteiger partial charge in [-0.25, -0.2) is 18.2 Å². The van der Waals surface area contributed by atoms with E-state index in [9.17, 15) is 18.0 Å². The smallest absolute Gasteiger partial charge is 0.300 e. The van der Waals surface area contributed by atoms with Crippen molar-refractivity contribution < 1.29 is 22.5 Å². The fraction of sp³-hybridized carbons (Fsp3) is 0.500. The zero-order valence-electron chi connectivity index (χ0n) is 23.3. The van der Waals surface area contributed by atoms with Gasteiger partial charge in [-0.15, -0.1) is 11.3 Å². The first-order chi connectivity index (χ1) is 20.1. The molecule has 0 atom stereocenters. The molecular formula is C32H31F3N4O2S. The molecule has 6 nitrogen and oxygen atoms in total. The van der Waals surface area contributed by atoms with E-state index in [0.717, 1.165) is 70.6 Å². The summed E-state index contributed by atoms with van der Waals surface area (Å²) >= 11 is 1.66. The molecule has 6 aliphatic carbocycles. The maximum absolute atomic E-state index is 14.6. The first kappa shape index (κ1) is 26.4. The lowest BCUT2D eigenvalue weighted by molar-refractivity contribution is -0.211.